The second kappa shape index (κ2) is 11.5. The van der Waals surface area contributed by atoms with Gasteiger partial charge in [-0.05, 0) is 19.4 Å². The predicted octanol–water partition coefficient (Wildman–Crippen LogP) is 1.07. The molecular formula is C13H27IN4O. The standard InChI is InChI=1S/C13H26N4O.HI/c1-4-7-15-13(14-2)16-11-12-6-5-8-17(12)9-10-18-3;/h4,12H,1,5-11H2,2-3H3,(H2,14,15,16);1H. The lowest BCUT2D eigenvalue weighted by atomic mass is 10.2. The summed E-state index contributed by atoms with van der Waals surface area (Å²) in [6, 6.07) is 0.586. The van der Waals surface area contributed by atoms with Gasteiger partial charge >= 0.3 is 0 Å². The van der Waals surface area contributed by atoms with Gasteiger partial charge in [0.25, 0.3) is 0 Å². The summed E-state index contributed by atoms with van der Waals surface area (Å²) in [7, 11) is 3.54. The first-order valence-corrected chi connectivity index (χ1v) is 6.60. The van der Waals surface area contributed by atoms with Gasteiger partial charge in [-0.3, -0.25) is 9.89 Å². The molecule has 19 heavy (non-hydrogen) atoms. The van der Waals surface area contributed by atoms with Gasteiger partial charge in [-0.15, -0.1) is 30.6 Å². The highest BCUT2D eigenvalue weighted by Gasteiger charge is 2.23. The van der Waals surface area contributed by atoms with Crippen LogP contribution >= 0.6 is 24.0 Å². The molecule has 0 saturated carbocycles. The van der Waals surface area contributed by atoms with Gasteiger partial charge in [-0.25, -0.2) is 0 Å². The second-order valence-electron chi connectivity index (χ2n) is 4.45. The van der Waals surface area contributed by atoms with Gasteiger partial charge in [0.15, 0.2) is 5.96 Å². The fourth-order valence-corrected chi connectivity index (χ4v) is 2.23. The fraction of sp³-hybridized carbons (Fsp3) is 0.769. The van der Waals surface area contributed by atoms with Crippen molar-refractivity contribution in [1.29, 1.82) is 0 Å². The number of guanidine groups is 1. The molecule has 0 aromatic carbocycles. The molecule has 5 nitrogen and oxygen atoms in total. The molecule has 0 amide bonds. The number of ether oxygens (including phenoxy) is 1. The molecule has 1 aliphatic rings. The normalized spacial score (nSPS) is 19.9. The molecule has 0 spiro atoms. The molecule has 0 aromatic heterocycles. The summed E-state index contributed by atoms with van der Waals surface area (Å²) in [4.78, 5) is 6.66. The van der Waals surface area contributed by atoms with E-state index in [4.69, 9.17) is 4.74 Å². The van der Waals surface area contributed by atoms with E-state index in [-0.39, 0.29) is 24.0 Å². The van der Waals surface area contributed by atoms with E-state index in [9.17, 15) is 0 Å². The van der Waals surface area contributed by atoms with Crippen molar-refractivity contribution in [1.82, 2.24) is 15.5 Å². The molecule has 1 heterocycles. The molecule has 0 aromatic rings. The smallest absolute Gasteiger partial charge is 0.191 e. The first-order chi connectivity index (χ1) is 8.81. The highest BCUT2D eigenvalue weighted by Crippen LogP contribution is 2.15. The van der Waals surface area contributed by atoms with Crippen LogP contribution in [0, 0.1) is 0 Å². The van der Waals surface area contributed by atoms with E-state index in [1.165, 1.54) is 19.4 Å². The van der Waals surface area contributed by atoms with E-state index >= 15 is 0 Å². The Hall–Kier alpha value is -0.340. The molecule has 0 aliphatic carbocycles. The second-order valence-corrected chi connectivity index (χ2v) is 4.45. The van der Waals surface area contributed by atoms with Crippen molar-refractivity contribution in [2.75, 3.05) is 46.9 Å². The summed E-state index contributed by atoms with van der Waals surface area (Å²) in [5.41, 5.74) is 0. The number of aliphatic imine (C=N–C) groups is 1. The first kappa shape index (κ1) is 18.7. The number of halogens is 1. The van der Waals surface area contributed by atoms with E-state index in [2.05, 4.69) is 27.1 Å². The molecule has 1 atom stereocenters. The Morgan fingerprint density at radius 2 is 2.32 bits per heavy atom. The number of rotatable bonds is 7. The van der Waals surface area contributed by atoms with Crippen molar-refractivity contribution in [3.05, 3.63) is 12.7 Å². The summed E-state index contributed by atoms with van der Waals surface area (Å²) < 4.78 is 5.14. The van der Waals surface area contributed by atoms with Gasteiger partial charge < -0.3 is 15.4 Å². The van der Waals surface area contributed by atoms with Crippen molar-refractivity contribution in [3.63, 3.8) is 0 Å². The number of hydrogen-bond donors (Lipinski definition) is 2. The summed E-state index contributed by atoms with van der Waals surface area (Å²) in [6.45, 7) is 8.34. The van der Waals surface area contributed by atoms with Gasteiger partial charge in [0.05, 0.1) is 6.61 Å². The van der Waals surface area contributed by atoms with Gasteiger partial charge in [0, 0.05) is 39.8 Å². The Balaban J connectivity index is 0.00000324. The van der Waals surface area contributed by atoms with Crippen LogP contribution in [0.3, 0.4) is 0 Å². The van der Waals surface area contributed by atoms with Crippen LogP contribution < -0.4 is 10.6 Å². The first-order valence-electron chi connectivity index (χ1n) is 6.60. The van der Waals surface area contributed by atoms with Crippen LogP contribution in [0.2, 0.25) is 0 Å². The van der Waals surface area contributed by atoms with Crippen molar-refractivity contribution in [2.24, 2.45) is 4.99 Å². The van der Waals surface area contributed by atoms with Crippen molar-refractivity contribution >= 4 is 29.9 Å². The Kier molecular flexibility index (Phi) is 11.3. The Bertz CT molecular complexity index is 273. The van der Waals surface area contributed by atoms with E-state index in [0.29, 0.717) is 6.04 Å². The van der Waals surface area contributed by atoms with E-state index in [1.54, 1.807) is 14.2 Å². The molecule has 0 radical (unpaired) electrons. The van der Waals surface area contributed by atoms with Crippen LogP contribution in [0.1, 0.15) is 12.8 Å². The topological polar surface area (TPSA) is 48.9 Å². The Morgan fingerprint density at radius 3 is 2.95 bits per heavy atom. The minimum absolute atomic E-state index is 0. The zero-order valence-corrected chi connectivity index (χ0v) is 14.4. The molecule has 1 aliphatic heterocycles. The summed E-state index contributed by atoms with van der Waals surface area (Å²) in [5.74, 6) is 0.841. The average Bonchev–Trinajstić information content (AvgIpc) is 2.84. The quantitative estimate of drug-likeness (QED) is 0.299. The SMILES string of the molecule is C=CCNC(=NC)NCC1CCCN1CCOC.I. The molecule has 1 rings (SSSR count). The van der Waals surface area contributed by atoms with E-state index in [1.807, 2.05) is 6.08 Å². The predicted molar refractivity (Wildman–Crippen MR) is 91.4 cm³/mol. The monoisotopic (exact) mass is 382 g/mol. The third kappa shape index (κ3) is 7.12. The lowest BCUT2D eigenvalue weighted by Crippen LogP contribution is -2.45. The van der Waals surface area contributed by atoms with Gasteiger partial charge in [-0.2, -0.15) is 0 Å². The Morgan fingerprint density at radius 1 is 1.53 bits per heavy atom. The van der Waals surface area contributed by atoms with Crippen molar-refractivity contribution < 1.29 is 4.74 Å². The number of likely N-dealkylation sites (tertiary alicyclic amines) is 1. The maximum absolute atomic E-state index is 5.14. The van der Waals surface area contributed by atoms with Gasteiger partial charge in [0.2, 0.25) is 0 Å². The zero-order valence-electron chi connectivity index (χ0n) is 12.0. The molecule has 2 N–H and O–H groups in total. The van der Waals surface area contributed by atoms with Crippen LogP contribution in [0.5, 0.6) is 0 Å². The summed E-state index contributed by atoms with van der Waals surface area (Å²) in [5, 5.41) is 6.54. The molecule has 1 saturated heterocycles. The van der Waals surface area contributed by atoms with Crippen LogP contribution in [0.25, 0.3) is 0 Å². The van der Waals surface area contributed by atoms with Crippen LogP contribution in [-0.4, -0.2) is 63.8 Å². The zero-order chi connectivity index (χ0) is 13.2. The summed E-state index contributed by atoms with van der Waals surface area (Å²) in [6.07, 6.45) is 4.34. The Labute approximate surface area is 133 Å². The number of hydrogen-bond acceptors (Lipinski definition) is 3. The lowest BCUT2D eigenvalue weighted by molar-refractivity contribution is 0.141. The third-order valence-corrected chi connectivity index (χ3v) is 3.22. The van der Waals surface area contributed by atoms with Gasteiger partial charge in [0.1, 0.15) is 0 Å². The fourth-order valence-electron chi connectivity index (χ4n) is 2.23. The van der Waals surface area contributed by atoms with Gasteiger partial charge in [-0.1, -0.05) is 6.08 Å². The maximum atomic E-state index is 5.14. The maximum Gasteiger partial charge on any atom is 0.191 e. The number of methoxy groups -OCH3 is 1. The highest BCUT2D eigenvalue weighted by molar-refractivity contribution is 14.0. The number of nitrogens with one attached hydrogen (secondary N) is 2. The largest absolute Gasteiger partial charge is 0.383 e. The minimum atomic E-state index is 0. The molecule has 6 heteroatoms. The molecule has 0 bridgehead atoms. The summed E-state index contributed by atoms with van der Waals surface area (Å²) >= 11 is 0. The van der Waals surface area contributed by atoms with Crippen LogP contribution in [-0.2, 0) is 4.74 Å². The minimum Gasteiger partial charge on any atom is -0.383 e. The molecule has 112 valence electrons. The van der Waals surface area contributed by atoms with Crippen LogP contribution in [0.15, 0.2) is 17.6 Å². The van der Waals surface area contributed by atoms with Crippen molar-refractivity contribution in [3.8, 4) is 0 Å². The highest BCUT2D eigenvalue weighted by atomic mass is 127. The van der Waals surface area contributed by atoms with Crippen molar-refractivity contribution in [2.45, 2.75) is 18.9 Å². The van der Waals surface area contributed by atoms with E-state index in [0.717, 1.165) is 32.2 Å². The average molecular weight is 382 g/mol. The van der Waals surface area contributed by atoms with Crippen LogP contribution in [0.4, 0.5) is 0 Å². The third-order valence-electron chi connectivity index (χ3n) is 3.22. The molecule has 1 fully saturated rings. The number of nitrogens with zero attached hydrogens (tertiary/aromatic N) is 2. The molecule has 1 unspecified atom stereocenters. The van der Waals surface area contributed by atoms with E-state index < -0.39 is 0 Å². The lowest BCUT2D eigenvalue weighted by Gasteiger charge is -2.25. The molecular weight excluding hydrogens is 355 g/mol.